The summed E-state index contributed by atoms with van der Waals surface area (Å²) in [5.41, 5.74) is 1.78. The Morgan fingerprint density at radius 1 is 1.08 bits per heavy atom. The number of anilines is 2. The van der Waals surface area contributed by atoms with Gasteiger partial charge in [-0.05, 0) is 25.0 Å². The summed E-state index contributed by atoms with van der Waals surface area (Å²) in [5, 5.41) is 3.41. The van der Waals surface area contributed by atoms with Crippen molar-refractivity contribution in [3.8, 4) is 11.5 Å². The zero-order chi connectivity index (χ0) is 18.5. The number of ether oxygens (including phenoxy) is 2. The number of para-hydroxylation sites is 1. The SMILES string of the molecule is COc1cc(NC(=O)C2CCN(c3ccccc3)CC2)c(OC)cc1Cl. The molecule has 0 spiro atoms. The number of nitrogens with zero attached hydrogens (tertiary/aromatic N) is 1. The number of carbonyl (C=O) groups is 1. The van der Waals surface area contributed by atoms with Crippen LogP contribution in [0, 0.1) is 5.92 Å². The molecule has 1 N–H and O–H groups in total. The lowest BCUT2D eigenvalue weighted by molar-refractivity contribution is -0.120. The van der Waals surface area contributed by atoms with Crippen molar-refractivity contribution >= 4 is 28.9 Å². The molecule has 5 nitrogen and oxygen atoms in total. The van der Waals surface area contributed by atoms with Crippen LogP contribution in [-0.2, 0) is 4.79 Å². The number of piperidine rings is 1. The summed E-state index contributed by atoms with van der Waals surface area (Å²) >= 11 is 6.12. The highest BCUT2D eigenvalue weighted by Gasteiger charge is 2.26. The monoisotopic (exact) mass is 374 g/mol. The average Bonchev–Trinajstić information content (AvgIpc) is 2.69. The van der Waals surface area contributed by atoms with Crippen molar-refractivity contribution in [1.29, 1.82) is 0 Å². The van der Waals surface area contributed by atoms with Crippen molar-refractivity contribution < 1.29 is 14.3 Å². The Balaban J connectivity index is 1.64. The number of halogens is 1. The first-order valence-corrected chi connectivity index (χ1v) is 9.02. The second kappa shape index (κ2) is 8.32. The first-order chi connectivity index (χ1) is 12.6. The number of carbonyl (C=O) groups excluding carboxylic acids is 1. The summed E-state index contributed by atoms with van der Waals surface area (Å²) in [6, 6.07) is 13.6. The van der Waals surface area contributed by atoms with E-state index in [1.54, 1.807) is 26.4 Å². The minimum atomic E-state index is -0.0265. The van der Waals surface area contributed by atoms with Crippen molar-refractivity contribution in [2.75, 3.05) is 37.5 Å². The molecule has 1 saturated heterocycles. The minimum absolute atomic E-state index is 0.000359. The number of methoxy groups -OCH3 is 2. The maximum atomic E-state index is 12.7. The highest BCUT2D eigenvalue weighted by molar-refractivity contribution is 6.32. The second-order valence-corrected chi connectivity index (χ2v) is 6.68. The highest BCUT2D eigenvalue weighted by atomic mass is 35.5. The van der Waals surface area contributed by atoms with E-state index in [4.69, 9.17) is 21.1 Å². The Morgan fingerprint density at radius 3 is 2.35 bits per heavy atom. The minimum Gasteiger partial charge on any atom is -0.495 e. The van der Waals surface area contributed by atoms with E-state index >= 15 is 0 Å². The van der Waals surface area contributed by atoms with Crippen molar-refractivity contribution in [2.24, 2.45) is 5.92 Å². The van der Waals surface area contributed by atoms with E-state index in [2.05, 4.69) is 22.3 Å². The molecule has 1 amide bonds. The molecular formula is C20H23ClN2O3. The van der Waals surface area contributed by atoms with Gasteiger partial charge in [0.2, 0.25) is 5.91 Å². The van der Waals surface area contributed by atoms with Crippen LogP contribution in [0.2, 0.25) is 5.02 Å². The van der Waals surface area contributed by atoms with Crippen LogP contribution in [0.4, 0.5) is 11.4 Å². The van der Waals surface area contributed by atoms with Crippen LogP contribution >= 0.6 is 11.6 Å². The molecule has 2 aromatic carbocycles. The summed E-state index contributed by atoms with van der Waals surface area (Å²) in [5.74, 6) is 0.995. The van der Waals surface area contributed by atoms with Gasteiger partial charge < -0.3 is 19.7 Å². The lowest BCUT2D eigenvalue weighted by Gasteiger charge is -2.33. The second-order valence-electron chi connectivity index (χ2n) is 6.27. The van der Waals surface area contributed by atoms with Gasteiger partial charge in [-0.1, -0.05) is 29.8 Å². The number of hydrogen-bond donors (Lipinski definition) is 1. The summed E-state index contributed by atoms with van der Waals surface area (Å²) in [7, 11) is 3.09. The largest absolute Gasteiger partial charge is 0.495 e. The van der Waals surface area contributed by atoms with Crippen LogP contribution in [0.3, 0.4) is 0 Å². The zero-order valence-corrected chi connectivity index (χ0v) is 15.8. The Labute approximate surface area is 158 Å². The quantitative estimate of drug-likeness (QED) is 0.851. The molecule has 1 fully saturated rings. The van der Waals surface area contributed by atoms with E-state index in [0.29, 0.717) is 22.2 Å². The van der Waals surface area contributed by atoms with Gasteiger partial charge in [0.05, 0.1) is 24.9 Å². The van der Waals surface area contributed by atoms with Crippen LogP contribution in [0.1, 0.15) is 12.8 Å². The third kappa shape index (κ3) is 4.05. The first-order valence-electron chi connectivity index (χ1n) is 8.64. The van der Waals surface area contributed by atoms with Gasteiger partial charge in [-0.2, -0.15) is 0 Å². The molecule has 0 bridgehead atoms. The number of nitrogens with one attached hydrogen (secondary N) is 1. The molecule has 0 atom stereocenters. The van der Waals surface area contributed by atoms with Gasteiger partial charge in [-0.25, -0.2) is 0 Å². The van der Waals surface area contributed by atoms with E-state index < -0.39 is 0 Å². The number of rotatable bonds is 5. The van der Waals surface area contributed by atoms with Gasteiger partial charge in [-0.15, -0.1) is 0 Å². The number of amides is 1. The fourth-order valence-corrected chi connectivity index (χ4v) is 3.46. The molecule has 6 heteroatoms. The Bertz CT molecular complexity index is 759. The highest BCUT2D eigenvalue weighted by Crippen LogP contribution is 2.36. The Morgan fingerprint density at radius 2 is 1.73 bits per heavy atom. The molecule has 0 aliphatic carbocycles. The van der Waals surface area contributed by atoms with Crippen molar-refractivity contribution in [3.63, 3.8) is 0 Å². The van der Waals surface area contributed by atoms with E-state index in [1.165, 1.54) is 5.69 Å². The van der Waals surface area contributed by atoms with Crippen molar-refractivity contribution in [1.82, 2.24) is 0 Å². The van der Waals surface area contributed by atoms with E-state index in [0.717, 1.165) is 25.9 Å². The molecule has 0 saturated carbocycles. The molecule has 138 valence electrons. The molecular weight excluding hydrogens is 352 g/mol. The summed E-state index contributed by atoms with van der Waals surface area (Å²) in [4.78, 5) is 15.0. The lowest BCUT2D eigenvalue weighted by atomic mass is 9.95. The van der Waals surface area contributed by atoms with Gasteiger partial charge in [0, 0.05) is 36.8 Å². The molecule has 1 aliphatic rings. The number of hydrogen-bond acceptors (Lipinski definition) is 4. The van der Waals surface area contributed by atoms with Crippen LogP contribution in [0.25, 0.3) is 0 Å². The molecule has 26 heavy (non-hydrogen) atoms. The predicted octanol–water partition coefficient (Wildman–Crippen LogP) is 4.21. The number of benzene rings is 2. The summed E-state index contributed by atoms with van der Waals surface area (Å²) in [6.45, 7) is 1.73. The average molecular weight is 375 g/mol. The molecule has 2 aromatic rings. The van der Waals surface area contributed by atoms with Crippen LogP contribution in [0.5, 0.6) is 11.5 Å². The Kier molecular flexibility index (Phi) is 5.89. The van der Waals surface area contributed by atoms with Gasteiger partial charge in [-0.3, -0.25) is 4.79 Å². The standard InChI is InChI=1S/C20H23ClN2O3/c1-25-18-13-17(19(26-2)12-16(18)21)22-20(24)14-8-10-23(11-9-14)15-6-4-3-5-7-15/h3-7,12-14H,8-11H2,1-2H3,(H,22,24). The molecule has 1 heterocycles. The zero-order valence-electron chi connectivity index (χ0n) is 15.0. The molecule has 0 aromatic heterocycles. The molecule has 1 aliphatic heterocycles. The van der Waals surface area contributed by atoms with Gasteiger partial charge in [0.25, 0.3) is 0 Å². The van der Waals surface area contributed by atoms with Crippen LogP contribution < -0.4 is 19.7 Å². The maximum Gasteiger partial charge on any atom is 0.227 e. The van der Waals surface area contributed by atoms with Crippen molar-refractivity contribution in [2.45, 2.75) is 12.8 Å². The van der Waals surface area contributed by atoms with Gasteiger partial charge in [0.1, 0.15) is 11.5 Å². The summed E-state index contributed by atoms with van der Waals surface area (Å²) < 4.78 is 10.6. The third-order valence-corrected chi connectivity index (χ3v) is 5.01. The molecule has 3 rings (SSSR count). The van der Waals surface area contributed by atoms with Crippen LogP contribution in [-0.4, -0.2) is 33.2 Å². The van der Waals surface area contributed by atoms with E-state index in [1.807, 2.05) is 18.2 Å². The fraction of sp³-hybridized carbons (Fsp3) is 0.350. The predicted molar refractivity (Wildman–Crippen MR) is 105 cm³/mol. The van der Waals surface area contributed by atoms with E-state index in [9.17, 15) is 4.79 Å². The first kappa shape index (κ1) is 18.4. The third-order valence-electron chi connectivity index (χ3n) is 4.72. The normalized spacial score (nSPS) is 14.8. The van der Waals surface area contributed by atoms with Gasteiger partial charge >= 0.3 is 0 Å². The lowest BCUT2D eigenvalue weighted by Crippen LogP contribution is -2.38. The fourth-order valence-electron chi connectivity index (χ4n) is 3.23. The Hall–Kier alpha value is -2.40. The molecule has 0 radical (unpaired) electrons. The van der Waals surface area contributed by atoms with Crippen LogP contribution in [0.15, 0.2) is 42.5 Å². The smallest absolute Gasteiger partial charge is 0.227 e. The van der Waals surface area contributed by atoms with Crippen molar-refractivity contribution in [3.05, 3.63) is 47.5 Å². The topological polar surface area (TPSA) is 50.8 Å². The molecule has 0 unspecified atom stereocenters. The summed E-state index contributed by atoms with van der Waals surface area (Å²) in [6.07, 6.45) is 1.63. The van der Waals surface area contributed by atoms with Gasteiger partial charge in [0.15, 0.2) is 0 Å². The maximum absolute atomic E-state index is 12.7. The van der Waals surface area contributed by atoms with E-state index in [-0.39, 0.29) is 11.8 Å².